The highest BCUT2D eigenvalue weighted by molar-refractivity contribution is 8.06. The van der Waals surface area contributed by atoms with Crippen molar-refractivity contribution in [2.45, 2.75) is 18.7 Å². The second-order valence-corrected chi connectivity index (χ2v) is 7.51. The van der Waals surface area contributed by atoms with E-state index in [9.17, 15) is 13.2 Å². The summed E-state index contributed by atoms with van der Waals surface area (Å²) < 4.78 is 24.6. The molecule has 0 bridgehead atoms. The molecular weight excluding hydrogens is 336 g/mol. The summed E-state index contributed by atoms with van der Waals surface area (Å²) in [6, 6.07) is 5.63. The Labute approximate surface area is 139 Å². The van der Waals surface area contributed by atoms with Gasteiger partial charge in [-0.2, -0.15) is 0 Å². The number of carbonyl (C=O) groups excluding carboxylic acids is 1. The lowest BCUT2D eigenvalue weighted by molar-refractivity contribution is -0.110. The average molecular weight is 351 g/mol. The number of nitrogens with zero attached hydrogens (tertiary/aromatic N) is 1. The van der Waals surface area contributed by atoms with Gasteiger partial charge in [-0.1, -0.05) is 11.6 Å². The topological polar surface area (TPSA) is 87.4 Å². The zero-order valence-corrected chi connectivity index (χ0v) is 14.2. The number of halogens is 1. The molecule has 0 fully saturated rings. The van der Waals surface area contributed by atoms with Crippen LogP contribution in [0.2, 0.25) is 5.02 Å². The summed E-state index contributed by atoms with van der Waals surface area (Å²) >= 11 is 5.74. The van der Waals surface area contributed by atoms with Crippen molar-refractivity contribution < 1.29 is 13.2 Å². The third-order valence-corrected chi connectivity index (χ3v) is 5.22. The molecule has 0 unspecified atom stereocenters. The minimum absolute atomic E-state index is 0.00505. The van der Waals surface area contributed by atoms with E-state index in [0.29, 0.717) is 21.9 Å². The lowest BCUT2D eigenvalue weighted by Gasteiger charge is -2.12. The smallest absolute Gasteiger partial charge is 0.221 e. The number of allylic oxidation sites excluding steroid dienone is 4. The van der Waals surface area contributed by atoms with E-state index in [2.05, 4.69) is 4.99 Å². The molecule has 7 heteroatoms. The summed E-state index contributed by atoms with van der Waals surface area (Å²) in [6.45, 7) is 3.17. The van der Waals surface area contributed by atoms with Crippen molar-refractivity contribution in [1.82, 2.24) is 0 Å². The fourth-order valence-corrected chi connectivity index (χ4v) is 3.30. The Bertz CT molecular complexity index is 839. The second-order valence-electron chi connectivity index (χ2n) is 5.10. The van der Waals surface area contributed by atoms with Gasteiger partial charge in [-0.25, -0.2) is 8.42 Å². The zero-order chi connectivity index (χ0) is 17.2. The van der Waals surface area contributed by atoms with E-state index in [0.717, 1.165) is 0 Å². The highest BCUT2D eigenvalue weighted by Crippen LogP contribution is 2.17. The second kappa shape index (κ2) is 6.60. The normalized spacial score (nSPS) is 15.1. The predicted molar refractivity (Wildman–Crippen MR) is 91.2 cm³/mol. The van der Waals surface area contributed by atoms with E-state index < -0.39 is 14.9 Å². The molecule has 1 aromatic rings. The minimum Gasteiger partial charge on any atom is -0.292 e. The maximum absolute atomic E-state index is 12.3. The number of aliphatic imine (C=N–C) groups is 1. The van der Waals surface area contributed by atoms with Crippen molar-refractivity contribution >= 4 is 38.0 Å². The first-order valence-corrected chi connectivity index (χ1v) is 8.62. The van der Waals surface area contributed by atoms with Gasteiger partial charge in [0.05, 0.1) is 17.2 Å². The van der Waals surface area contributed by atoms with Crippen LogP contribution >= 0.6 is 11.6 Å². The molecule has 0 heterocycles. The molecule has 23 heavy (non-hydrogen) atoms. The number of hydrogen-bond acceptors (Lipinski definition) is 5. The summed E-state index contributed by atoms with van der Waals surface area (Å²) in [6.07, 6.45) is 2.87. The third kappa shape index (κ3) is 3.83. The van der Waals surface area contributed by atoms with Crippen LogP contribution in [0.1, 0.15) is 13.8 Å². The first-order chi connectivity index (χ1) is 10.7. The molecule has 0 aliphatic heterocycles. The van der Waals surface area contributed by atoms with E-state index in [1.807, 2.05) is 0 Å². The third-order valence-electron chi connectivity index (χ3n) is 3.29. The molecule has 1 aliphatic carbocycles. The molecule has 1 aromatic carbocycles. The Morgan fingerprint density at radius 2 is 1.65 bits per heavy atom. The Morgan fingerprint density at radius 3 is 2.17 bits per heavy atom. The molecule has 1 aliphatic rings. The van der Waals surface area contributed by atoms with Gasteiger partial charge in [-0.3, -0.25) is 15.2 Å². The van der Waals surface area contributed by atoms with Crippen molar-refractivity contribution in [3.63, 3.8) is 0 Å². The van der Waals surface area contributed by atoms with Gasteiger partial charge in [0, 0.05) is 5.02 Å². The zero-order valence-electron chi connectivity index (χ0n) is 12.6. The van der Waals surface area contributed by atoms with Gasteiger partial charge < -0.3 is 0 Å². The molecule has 2 rings (SSSR count). The fraction of sp³-hybridized carbons (Fsp3) is 0.188. The largest absolute Gasteiger partial charge is 0.292 e. The number of benzene rings is 1. The van der Waals surface area contributed by atoms with E-state index in [-0.39, 0.29) is 17.2 Å². The van der Waals surface area contributed by atoms with E-state index in [1.54, 1.807) is 13.8 Å². The Morgan fingerprint density at radius 1 is 1.13 bits per heavy atom. The number of rotatable bonds is 3. The fourth-order valence-electron chi connectivity index (χ4n) is 2.16. The number of hydrogen-bond donors (Lipinski definition) is 1. The molecule has 0 radical (unpaired) electrons. The van der Waals surface area contributed by atoms with Crippen LogP contribution in [0.15, 0.2) is 57.5 Å². The SMILES string of the molecule is CC1=CC(=O)C=C(C)C1=NCC(=N)S(=O)(=O)c1ccc(Cl)cc1. The molecule has 0 spiro atoms. The van der Waals surface area contributed by atoms with Gasteiger partial charge >= 0.3 is 0 Å². The van der Waals surface area contributed by atoms with Crippen LogP contribution in [0.5, 0.6) is 0 Å². The monoisotopic (exact) mass is 350 g/mol. The number of ketones is 1. The molecule has 5 nitrogen and oxygen atoms in total. The summed E-state index contributed by atoms with van der Waals surface area (Å²) in [7, 11) is -3.89. The standard InChI is InChI=1S/C16H15ClN2O3S/c1-10-7-13(20)8-11(2)16(10)19-9-15(18)23(21,22)14-5-3-12(17)4-6-14/h3-8,18H,9H2,1-2H3. The van der Waals surface area contributed by atoms with Gasteiger partial charge in [-0.15, -0.1) is 0 Å². The number of sulfone groups is 1. The molecule has 0 atom stereocenters. The Hall–Kier alpha value is -2.05. The van der Waals surface area contributed by atoms with Gasteiger partial charge in [0.25, 0.3) is 0 Å². The summed E-state index contributed by atoms with van der Waals surface area (Å²) in [5.74, 6) is -0.122. The van der Waals surface area contributed by atoms with Crippen LogP contribution in [0, 0.1) is 5.41 Å². The molecule has 0 aromatic heterocycles. The van der Waals surface area contributed by atoms with Gasteiger partial charge in [0.15, 0.2) is 10.8 Å². The van der Waals surface area contributed by atoms with Crippen LogP contribution in [0.3, 0.4) is 0 Å². The van der Waals surface area contributed by atoms with Gasteiger partial charge in [0.2, 0.25) is 9.84 Å². The van der Waals surface area contributed by atoms with Crippen LogP contribution < -0.4 is 0 Å². The summed E-state index contributed by atoms with van der Waals surface area (Å²) in [5.41, 5.74) is 1.86. The lowest BCUT2D eigenvalue weighted by Crippen LogP contribution is -2.19. The quantitative estimate of drug-likeness (QED) is 0.516. The minimum atomic E-state index is -3.89. The van der Waals surface area contributed by atoms with Crippen molar-refractivity contribution in [3.8, 4) is 0 Å². The maximum atomic E-state index is 12.3. The lowest BCUT2D eigenvalue weighted by atomic mass is 9.97. The first kappa shape index (κ1) is 17.3. The average Bonchev–Trinajstić information content (AvgIpc) is 2.46. The molecule has 120 valence electrons. The Kier molecular flexibility index (Phi) is 4.97. The Balaban J connectivity index is 2.24. The number of nitrogens with one attached hydrogen (secondary N) is 1. The van der Waals surface area contributed by atoms with Crippen LogP contribution in [0.25, 0.3) is 0 Å². The highest BCUT2D eigenvalue weighted by Gasteiger charge is 2.21. The van der Waals surface area contributed by atoms with Gasteiger partial charge in [-0.05, 0) is 61.4 Å². The molecular formula is C16H15ClN2O3S. The summed E-state index contributed by atoms with van der Waals surface area (Å²) in [5, 5.41) is 7.75. The molecule has 0 saturated heterocycles. The van der Waals surface area contributed by atoms with Crippen molar-refractivity contribution in [2.75, 3.05) is 6.54 Å². The van der Waals surface area contributed by atoms with Crippen LogP contribution in [-0.2, 0) is 14.6 Å². The number of carbonyl (C=O) groups is 1. The molecule has 1 N–H and O–H groups in total. The van der Waals surface area contributed by atoms with Crippen LogP contribution in [0.4, 0.5) is 0 Å². The summed E-state index contributed by atoms with van der Waals surface area (Å²) in [4.78, 5) is 15.6. The van der Waals surface area contributed by atoms with Crippen LogP contribution in [-0.4, -0.2) is 31.5 Å². The van der Waals surface area contributed by atoms with Gasteiger partial charge in [0.1, 0.15) is 0 Å². The highest BCUT2D eigenvalue weighted by atomic mass is 35.5. The van der Waals surface area contributed by atoms with E-state index in [1.165, 1.54) is 36.4 Å². The van der Waals surface area contributed by atoms with Crippen molar-refractivity contribution in [2.24, 2.45) is 4.99 Å². The predicted octanol–water partition coefficient (Wildman–Crippen LogP) is 3.01. The van der Waals surface area contributed by atoms with Crippen molar-refractivity contribution in [1.29, 1.82) is 5.41 Å². The maximum Gasteiger partial charge on any atom is 0.221 e. The first-order valence-electron chi connectivity index (χ1n) is 6.75. The van der Waals surface area contributed by atoms with E-state index in [4.69, 9.17) is 17.0 Å². The molecule has 0 saturated carbocycles. The molecule has 0 amide bonds. The van der Waals surface area contributed by atoms with E-state index >= 15 is 0 Å². The van der Waals surface area contributed by atoms with Crippen molar-refractivity contribution in [3.05, 3.63) is 52.6 Å².